The van der Waals surface area contributed by atoms with Crippen molar-refractivity contribution >= 4 is 21.5 Å². The lowest BCUT2D eigenvalue weighted by atomic mass is 10.2. The summed E-state index contributed by atoms with van der Waals surface area (Å²) in [5.41, 5.74) is 6.14. The lowest BCUT2D eigenvalue weighted by molar-refractivity contribution is 0.0913. The molecule has 0 aromatic heterocycles. The highest BCUT2D eigenvalue weighted by molar-refractivity contribution is 7.92. The molecule has 0 amide bonds. The topological polar surface area (TPSA) is 114 Å². The Morgan fingerprint density at radius 2 is 2.10 bits per heavy atom. The molecule has 21 heavy (non-hydrogen) atoms. The molecule has 1 aromatic rings. The van der Waals surface area contributed by atoms with Crippen molar-refractivity contribution in [1.29, 1.82) is 5.41 Å². The molecule has 0 fully saturated rings. The van der Waals surface area contributed by atoms with Crippen molar-refractivity contribution in [2.75, 3.05) is 24.2 Å². The molecule has 0 radical (unpaired) electrons. The van der Waals surface area contributed by atoms with Crippen molar-refractivity contribution in [3.63, 3.8) is 0 Å². The Balaban J connectivity index is 2.84. The van der Waals surface area contributed by atoms with E-state index < -0.39 is 10.0 Å². The van der Waals surface area contributed by atoms with Crippen molar-refractivity contribution < 1.29 is 17.9 Å². The zero-order valence-electron chi connectivity index (χ0n) is 12.3. The van der Waals surface area contributed by atoms with Crippen LogP contribution < -0.4 is 15.2 Å². The molecule has 0 aliphatic heterocycles. The van der Waals surface area contributed by atoms with Gasteiger partial charge in [0.1, 0.15) is 11.6 Å². The summed E-state index contributed by atoms with van der Waals surface area (Å²) in [5, 5.41) is 7.36. The lowest BCUT2D eigenvalue weighted by Crippen LogP contribution is -2.22. The summed E-state index contributed by atoms with van der Waals surface area (Å²) in [4.78, 5) is 0. The second-order valence-electron chi connectivity index (χ2n) is 4.67. The highest BCUT2D eigenvalue weighted by Crippen LogP contribution is 2.26. The molecule has 0 unspecified atom stereocenters. The number of methoxy groups -OCH3 is 1. The van der Waals surface area contributed by atoms with E-state index >= 15 is 0 Å². The van der Waals surface area contributed by atoms with Crippen LogP contribution in [0.1, 0.15) is 19.4 Å². The largest absolute Gasteiger partial charge is 0.495 e. The van der Waals surface area contributed by atoms with E-state index in [-0.39, 0.29) is 24.3 Å². The Morgan fingerprint density at radius 3 is 2.62 bits per heavy atom. The minimum Gasteiger partial charge on any atom is -0.495 e. The van der Waals surface area contributed by atoms with Gasteiger partial charge in [-0.05, 0) is 32.0 Å². The SMILES string of the molecule is COc1cc(C(=N)N)ccc1NS(=O)(=O)CCOC(C)C. The van der Waals surface area contributed by atoms with Crippen LogP contribution in [0.4, 0.5) is 5.69 Å². The first-order chi connectivity index (χ1) is 9.75. The summed E-state index contributed by atoms with van der Waals surface area (Å²) in [6.45, 7) is 3.79. The van der Waals surface area contributed by atoms with Crippen molar-refractivity contribution in [3.8, 4) is 5.75 Å². The third-order valence-electron chi connectivity index (χ3n) is 2.58. The number of benzene rings is 1. The Labute approximate surface area is 125 Å². The Morgan fingerprint density at radius 1 is 1.43 bits per heavy atom. The number of rotatable bonds is 8. The lowest BCUT2D eigenvalue weighted by Gasteiger charge is -2.13. The molecule has 4 N–H and O–H groups in total. The van der Waals surface area contributed by atoms with Gasteiger partial charge < -0.3 is 15.2 Å². The first kappa shape index (κ1) is 17.3. The molecule has 1 rings (SSSR count). The van der Waals surface area contributed by atoms with Crippen molar-refractivity contribution in [1.82, 2.24) is 0 Å². The number of anilines is 1. The normalized spacial score (nSPS) is 11.4. The van der Waals surface area contributed by atoms with Gasteiger partial charge in [0.2, 0.25) is 10.0 Å². The van der Waals surface area contributed by atoms with Crippen LogP contribution in [0.15, 0.2) is 18.2 Å². The number of nitrogens with two attached hydrogens (primary N) is 1. The molecule has 0 atom stereocenters. The molecular weight excluding hydrogens is 294 g/mol. The Kier molecular flexibility index (Phi) is 5.98. The zero-order valence-corrected chi connectivity index (χ0v) is 13.2. The van der Waals surface area contributed by atoms with Gasteiger partial charge in [-0.15, -0.1) is 0 Å². The first-order valence-electron chi connectivity index (χ1n) is 6.39. The average molecular weight is 315 g/mol. The summed E-state index contributed by atoms with van der Waals surface area (Å²) in [7, 11) is -2.12. The maximum absolute atomic E-state index is 12.0. The molecule has 0 aliphatic carbocycles. The van der Waals surface area contributed by atoms with Crippen LogP contribution in [-0.4, -0.2) is 39.8 Å². The molecule has 0 bridgehead atoms. The molecule has 1 aromatic carbocycles. The van der Waals surface area contributed by atoms with Gasteiger partial charge in [0.05, 0.1) is 31.3 Å². The first-order valence-corrected chi connectivity index (χ1v) is 8.05. The van der Waals surface area contributed by atoms with Gasteiger partial charge in [-0.3, -0.25) is 10.1 Å². The predicted octanol–water partition coefficient (Wildman–Crippen LogP) is 1.15. The number of sulfonamides is 1. The van der Waals surface area contributed by atoms with E-state index in [0.717, 1.165) is 0 Å². The summed E-state index contributed by atoms with van der Waals surface area (Å²) < 4.78 is 36.7. The molecule has 0 saturated carbocycles. The number of nitrogen functional groups attached to an aromatic ring is 1. The van der Waals surface area contributed by atoms with Crippen LogP contribution in [-0.2, 0) is 14.8 Å². The number of nitrogens with one attached hydrogen (secondary N) is 2. The van der Waals surface area contributed by atoms with Crippen molar-refractivity contribution in [2.24, 2.45) is 5.73 Å². The minimum absolute atomic E-state index is 0.0235. The van der Waals surface area contributed by atoms with E-state index in [0.29, 0.717) is 17.0 Å². The molecule has 0 aliphatic rings. The number of amidine groups is 1. The van der Waals surface area contributed by atoms with Gasteiger partial charge >= 0.3 is 0 Å². The van der Waals surface area contributed by atoms with E-state index in [1.165, 1.54) is 19.2 Å². The fraction of sp³-hybridized carbons (Fsp3) is 0.462. The summed E-state index contributed by atoms with van der Waals surface area (Å²) in [5.74, 6) is 0.0343. The summed E-state index contributed by atoms with van der Waals surface area (Å²) >= 11 is 0. The van der Waals surface area contributed by atoms with Gasteiger partial charge in [-0.2, -0.15) is 0 Å². The van der Waals surface area contributed by atoms with E-state index in [2.05, 4.69) is 4.72 Å². The minimum atomic E-state index is -3.54. The highest BCUT2D eigenvalue weighted by Gasteiger charge is 2.14. The molecule has 0 saturated heterocycles. The van der Waals surface area contributed by atoms with Crippen LogP contribution in [0.2, 0.25) is 0 Å². The third kappa shape index (κ3) is 5.60. The van der Waals surface area contributed by atoms with Gasteiger partial charge in [0, 0.05) is 5.56 Å². The van der Waals surface area contributed by atoms with E-state index in [9.17, 15) is 8.42 Å². The maximum Gasteiger partial charge on any atom is 0.235 e. The predicted molar refractivity (Wildman–Crippen MR) is 82.5 cm³/mol. The standard InChI is InChI=1S/C13H21N3O4S/c1-9(2)20-6-7-21(17,18)16-11-5-4-10(13(14)15)8-12(11)19-3/h4-5,8-9,16H,6-7H2,1-3H3,(H3,14,15). The molecule has 0 spiro atoms. The fourth-order valence-corrected chi connectivity index (χ4v) is 2.48. The third-order valence-corrected chi connectivity index (χ3v) is 3.82. The van der Waals surface area contributed by atoms with E-state index in [4.69, 9.17) is 20.6 Å². The van der Waals surface area contributed by atoms with Crippen LogP contribution in [0.3, 0.4) is 0 Å². The van der Waals surface area contributed by atoms with Crippen LogP contribution in [0, 0.1) is 5.41 Å². The quantitative estimate of drug-likeness (QED) is 0.492. The summed E-state index contributed by atoms with van der Waals surface area (Å²) in [6, 6.07) is 4.56. The van der Waals surface area contributed by atoms with E-state index in [1.54, 1.807) is 6.07 Å². The number of hydrogen-bond donors (Lipinski definition) is 3. The molecular formula is C13H21N3O4S. The average Bonchev–Trinajstić information content (AvgIpc) is 2.37. The number of hydrogen-bond acceptors (Lipinski definition) is 5. The van der Waals surface area contributed by atoms with Crippen molar-refractivity contribution in [2.45, 2.75) is 20.0 Å². The van der Waals surface area contributed by atoms with Gasteiger partial charge in [-0.25, -0.2) is 8.42 Å². The highest BCUT2D eigenvalue weighted by atomic mass is 32.2. The maximum atomic E-state index is 12.0. The second-order valence-corrected chi connectivity index (χ2v) is 6.51. The van der Waals surface area contributed by atoms with Crippen LogP contribution in [0.5, 0.6) is 5.75 Å². The molecule has 118 valence electrons. The molecule has 0 heterocycles. The Hall–Kier alpha value is -1.80. The monoisotopic (exact) mass is 315 g/mol. The van der Waals surface area contributed by atoms with Gasteiger partial charge in [0.25, 0.3) is 0 Å². The second kappa shape index (κ2) is 7.28. The Bertz CT molecular complexity index is 599. The van der Waals surface area contributed by atoms with Crippen LogP contribution in [0.25, 0.3) is 0 Å². The van der Waals surface area contributed by atoms with Gasteiger partial charge in [0.15, 0.2) is 0 Å². The van der Waals surface area contributed by atoms with Crippen molar-refractivity contribution in [3.05, 3.63) is 23.8 Å². The molecule has 7 nitrogen and oxygen atoms in total. The van der Waals surface area contributed by atoms with Crippen LogP contribution >= 0.6 is 0 Å². The van der Waals surface area contributed by atoms with E-state index in [1.807, 2.05) is 13.8 Å². The smallest absolute Gasteiger partial charge is 0.235 e. The van der Waals surface area contributed by atoms with Gasteiger partial charge in [-0.1, -0.05) is 0 Å². The number of ether oxygens (including phenoxy) is 2. The zero-order chi connectivity index (χ0) is 16.0. The fourth-order valence-electron chi connectivity index (χ4n) is 1.56. The molecule has 8 heteroatoms. The summed E-state index contributed by atoms with van der Waals surface area (Å²) in [6.07, 6.45) is -0.0235.